The molecule has 5 rings (SSSR count). The van der Waals surface area contributed by atoms with Crippen LogP contribution < -0.4 is 14.8 Å². The third kappa shape index (κ3) is 7.32. The summed E-state index contributed by atoms with van der Waals surface area (Å²) in [5.74, 6) is -0.217. The fraction of sp³-hybridized carbons (Fsp3) is 0.226. The van der Waals surface area contributed by atoms with Crippen LogP contribution in [0.1, 0.15) is 12.5 Å². The molecule has 2 amide bonds. The molecule has 0 radical (unpaired) electrons. The molecule has 2 heterocycles. The van der Waals surface area contributed by atoms with Crippen molar-refractivity contribution in [3.63, 3.8) is 0 Å². The Balaban J connectivity index is 1.32. The molecule has 222 valence electrons. The van der Waals surface area contributed by atoms with Crippen LogP contribution in [0.25, 0.3) is 10.2 Å². The first kappa shape index (κ1) is 30.5. The number of para-hydroxylation sites is 1. The number of ether oxygens (including phenoxy) is 3. The maximum absolute atomic E-state index is 13.5. The zero-order valence-corrected chi connectivity index (χ0v) is 25.9. The highest BCUT2D eigenvalue weighted by atomic mass is 33.1. The summed E-state index contributed by atoms with van der Waals surface area (Å²) < 4.78 is 18.2. The van der Waals surface area contributed by atoms with Crippen molar-refractivity contribution in [3.05, 3.63) is 96.6 Å². The fourth-order valence-corrected chi connectivity index (χ4v) is 8.31. The molecule has 3 atom stereocenters. The molecular formula is C31H29N3O6S3. The number of β-lactam (4-membered cyclic amide) rings is 1. The largest absolute Gasteiger partial charge is 0.497 e. The molecule has 12 heteroatoms. The zero-order valence-electron chi connectivity index (χ0n) is 23.4. The second-order valence-electron chi connectivity index (χ2n) is 9.62. The molecule has 1 aliphatic rings. The van der Waals surface area contributed by atoms with E-state index < -0.39 is 35.2 Å². The topological polar surface area (TPSA) is 107 Å². The number of benzene rings is 3. The molecule has 0 spiro atoms. The van der Waals surface area contributed by atoms with Gasteiger partial charge in [0.25, 0.3) is 5.91 Å². The molecule has 0 aliphatic carbocycles. The van der Waals surface area contributed by atoms with Crippen LogP contribution in [-0.4, -0.2) is 58.8 Å². The lowest BCUT2D eigenvalue weighted by Crippen LogP contribution is -2.73. The predicted octanol–water partition coefficient (Wildman–Crippen LogP) is 5.47. The third-order valence-corrected chi connectivity index (χ3v) is 10.5. The van der Waals surface area contributed by atoms with E-state index in [0.29, 0.717) is 17.1 Å². The van der Waals surface area contributed by atoms with E-state index in [9.17, 15) is 14.4 Å². The molecule has 1 saturated heterocycles. The summed E-state index contributed by atoms with van der Waals surface area (Å²) in [6, 6.07) is 22.0. The second kappa shape index (κ2) is 14.0. The quantitative estimate of drug-likeness (QED) is 0.0887. The standard InChI is InChI=1S/C31H29N3O6S3/c1-19(2)27(30(37)40-17-20-10-6-4-7-11-20)34-28(36)26(33-25(35)18-39-21-12-8-5-9-13-21)29(34)42-43-31-32-23-16-22(38-3)14-15-24(23)41-31/h4-16,26-27,29H,1,17-18H2,2-3H3,(H,33,35)/t26-,27?,29-/m1/s1. The third-order valence-electron chi connectivity index (χ3n) is 6.49. The maximum atomic E-state index is 13.5. The minimum absolute atomic E-state index is 0.0597. The van der Waals surface area contributed by atoms with Crippen LogP contribution in [0.5, 0.6) is 11.5 Å². The van der Waals surface area contributed by atoms with Crippen molar-refractivity contribution < 1.29 is 28.6 Å². The highest BCUT2D eigenvalue weighted by molar-refractivity contribution is 8.77. The molecule has 43 heavy (non-hydrogen) atoms. The first-order valence-corrected chi connectivity index (χ1v) is 16.3. The Bertz CT molecular complexity index is 1620. The number of carbonyl (C=O) groups is 3. The van der Waals surface area contributed by atoms with Crippen LogP contribution in [0.15, 0.2) is 95.4 Å². The van der Waals surface area contributed by atoms with Gasteiger partial charge in [-0.3, -0.25) is 9.59 Å². The number of aromatic nitrogens is 1. The first-order valence-electron chi connectivity index (χ1n) is 13.3. The number of hydrogen-bond donors (Lipinski definition) is 1. The molecule has 1 aliphatic heterocycles. The normalized spacial score (nSPS) is 16.7. The summed E-state index contributed by atoms with van der Waals surface area (Å²) >= 11 is 1.50. The highest BCUT2D eigenvalue weighted by Gasteiger charge is 2.54. The van der Waals surface area contributed by atoms with Crippen LogP contribution in [-0.2, 0) is 25.7 Å². The number of amides is 2. The summed E-state index contributed by atoms with van der Waals surface area (Å²) in [7, 11) is 4.30. The summed E-state index contributed by atoms with van der Waals surface area (Å²) in [6.07, 6.45) is 0. The molecule has 0 bridgehead atoms. The maximum Gasteiger partial charge on any atom is 0.333 e. The number of methoxy groups -OCH3 is 1. The lowest BCUT2D eigenvalue weighted by Gasteiger charge is -2.49. The van der Waals surface area contributed by atoms with Crippen LogP contribution in [0, 0.1) is 0 Å². The number of rotatable bonds is 13. The number of fused-ring (bicyclic) bond motifs is 1. The van der Waals surface area contributed by atoms with Crippen molar-refractivity contribution in [1.82, 2.24) is 15.2 Å². The van der Waals surface area contributed by atoms with Gasteiger partial charge in [0.2, 0.25) is 5.91 Å². The Morgan fingerprint density at radius 3 is 2.49 bits per heavy atom. The van der Waals surface area contributed by atoms with Gasteiger partial charge < -0.3 is 24.4 Å². The van der Waals surface area contributed by atoms with Crippen LogP contribution in [0.4, 0.5) is 0 Å². The van der Waals surface area contributed by atoms with Crippen molar-refractivity contribution in [2.45, 2.75) is 35.3 Å². The van der Waals surface area contributed by atoms with Crippen molar-refractivity contribution in [1.29, 1.82) is 0 Å². The molecule has 0 saturated carbocycles. The average Bonchev–Trinajstić information content (AvgIpc) is 3.44. The van der Waals surface area contributed by atoms with Gasteiger partial charge >= 0.3 is 5.97 Å². The Labute approximate surface area is 261 Å². The zero-order chi connectivity index (χ0) is 30.3. The van der Waals surface area contributed by atoms with E-state index >= 15 is 0 Å². The number of carbonyl (C=O) groups excluding carboxylic acids is 3. The predicted molar refractivity (Wildman–Crippen MR) is 169 cm³/mol. The van der Waals surface area contributed by atoms with Crippen LogP contribution >= 0.6 is 32.9 Å². The minimum atomic E-state index is -1.03. The van der Waals surface area contributed by atoms with Gasteiger partial charge in [0.05, 0.1) is 17.3 Å². The highest BCUT2D eigenvalue weighted by Crippen LogP contribution is 2.45. The summed E-state index contributed by atoms with van der Waals surface area (Å²) in [5, 5.41) is 2.17. The summed E-state index contributed by atoms with van der Waals surface area (Å²) in [6.45, 7) is 5.45. The van der Waals surface area contributed by atoms with Gasteiger partial charge in [-0.2, -0.15) is 0 Å². The van der Waals surface area contributed by atoms with Gasteiger partial charge in [-0.1, -0.05) is 65.9 Å². The van der Waals surface area contributed by atoms with E-state index in [0.717, 1.165) is 20.1 Å². The number of esters is 1. The van der Waals surface area contributed by atoms with Crippen molar-refractivity contribution in [3.8, 4) is 11.5 Å². The molecule has 4 aromatic rings. The SMILES string of the molecule is C=C(C)C(C(=O)OCc1ccccc1)N1C(=O)[C@@H](NC(=O)COc2ccccc2)[C@H]1SSc1nc2cc(OC)ccc2s1. The lowest BCUT2D eigenvalue weighted by molar-refractivity contribution is -0.163. The first-order chi connectivity index (χ1) is 20.8. The molecule has 1 fully saturated rings. The molecule has 1 aromatic heterocycles. The van der Waals surface area contributed by atoms with Gasteiger partial charge in [-0.05, 0) is 53.1 Å². The van der Waals surface area contributed by atoms with E-state index in [1.54, 1.807) is 38.3 Å². The van der Waals surface area contributed by atoms with E-state index in [2.05, 4.69) is 16.9 Å². The Morgan fingerprint density at radius 2 is 1.79 bits per heavy atom. The van der Waals surface area contributed by atoms with E-state index in [1.807, 2.05) is 54.6 Å². The van der Waals surface area contributed by atoms with Crippen molar-refractivity contribution >= 4 is 60.9 Å². The van der Waals surface area contributed by atoms with Gasteiger partial charge in [-0.15, -0.1) is 11.3 Å². The number of nitrogens with zero attached hydrogens (tertiary/aromatic N) is 2. The number of hydrogen-bond acceptors (Lipinski definition) is 10. The van der Waals surface area contributed by atoms with E-state index in [4.69, 9.17) is 14.2 Å². The van der Waals surface area contributed by atoms with Crippen LogP contribution in [0.2, 0.25) is 0 Å². The second-order valence-corrected chi connectivity index (χ2v) is 13.2. The molecule has 1 unspecified atom stereocenters. The van der Waals surface area contributed by atoms with Crippen molar-refractivity contribution in [2.75, 3.05) is 13.7 Å². The Morgan fingerprint density at radius 1 is 1.07 bits per heavy atom. The summed E-state index contributed by atoms with van der Waals surface area (Å²) in [4.78, 5) is 45.7. The van der Waals surface area contributed by atoms with Gasteiger partial charge in [0.1, 0.15) is 29.5 Å². The summed E-state index contributed by atoms with van der Waals surface area (Å²) in [5.41, 5.74) is 2.07. The van der Waals surface area contributed by atoms with Gasteiger partial charge in [0.15, 0.2) is 17.0 Å². The van der Waals surface area contributed by atoms with Crippen LogP contribution in [0.3, 0.4) is 0 Å². The fourth-order valence-electron chi connectivity index (χ4n) is 4.38. The Hall–Kier alpha value is -4.00. The Kier molecular flexibility index (Phi) is 9.90. The average molecular weight is 636 g/mol. The van der Waals surface area contributed by atoms with Crippen molar-refractivity contribution in [2.24, 2.45) is 0 Å². The minimum Gasteiger partial charge on any atom is -0.497 e. The van der Waals surface area contributed by atoms with E-state index in [-0.39, 0.29) is 13.2 Å². The van der Waals surface area contributed by atoms with E-state index in [1.165, 1.54) is 37.8 Å². The molecule has 9 nitrogen and oxygen atoms in total. The monoisotopic (exact) mass is 635 g/mol. The number of thiazole rings is 1. The van der Waals surface area contributed by atoms with Gasteiger partial charge in [-0.25, -0.2) is 9.78 Å². The number of likely N-dealkylation sites (tertiary alicyclic amines) is 1. The number of nitrogens with one attached hydrogen (secondary N) is 1. The molecule has 1 N–H and O–H groups in total. The van der Waals surface area contributed by atoms with Gasteiger partial charge in [0, 0.05) is 6.07 Å². The molecular weight excluding hydrogens is 607 g/mol. The lowest BCUT2D eigenvalue weighted by atomic mass is 9.99. The smallest absolute Gasteiger partial charge is 0.333 e. The molecule has 3 aromatic carbocycles.